The Kier molecular flexibility index (Phi) is 5.86. The minimum atomic E-state index is -0.956. The summed E-state index contributed by atoms with van der Waals surface area (Å²) >= 11 is 11.8. The average Bonchev–Trinajstić information content (AvgIpc) is 2.37. The highest BCUT2D eigenvalue weighted by atomic mass is 35.5. The van der Waals surface area contributed by atoms with Crippen LogP contribution in [0.15, 0.2) is 24.3 Å². The molecule has 1 amide bonds. The second-order valence-corrected chi connectivity index (χ2v) is 4.75. The summed E-state index contributed by atoms with van der Waals surface area (Å²) in [4.78, 5) is 22.0. The topological polar surface area (TPSA) is 66.4 Å². The first-order chi connectivity index (χ1) is 8.91. The molecule has 2 N–H and O–H groups in total. The summed E-state index contributed by atoms with van der Waals surface area (Å²) in [6.07, 6.45) is 2.81. The van der Waals surface area contributed by atoms with Crippen molar-refractivity contribution < 1.29 is 14.7 Å². The molecule has 0 bridgehead atoms. The Morgan fingerprint density at radius 1 is 1.42 bits per heavy atom. The summed E-state index contributed by atoms with van der Waals surface area (Å²) in [6.45, 7) is 1.59. The van der Waals surface area contributed by atoms with Gasteiger partial charge in [-0.25, -0.2) is 0 Å². The lowest BCUT2D eigenvalue weighted by Gasteiger charge is -2.06. The van der Waals surface area contributed by atoms with Gasteiger partial charge in [0.25, 0.3) is 0 Å². The standard InChI is InChI=1S/C13H13Cl2NO3/c1-8(13(18)19)7-16-11(17)6-5-9-3-2-4-10(14)12(9)15/h2-6,8H,7H2,1H3,(H,16,17)(H,18,19)/b6-5+. The molecule has 0 aliphatic carbocycles. The van der Waals surface area contributed by atoms with Crippen molar-refractivity contribution in [1.29, 1.82) is 0 Å². The van der Waals surface area contributed by atoms with E-state index < -0.39 is 11.9 Å². The third kappa shape index (κ3) is 4.93. The van der Waals surface area contributed by atoms with Crippen molar-refractivity contribution in [2.75, 3.05) is 6.54 Å². The predicted octanol–water partition coefficient (Wildman–Crippen LogP) is 2.84. The second-order valence-electron chi connectivity index (χ2n) is 3.96. The lowest BCUT2D eigenvalue weighted by molar-refractivity contribution is -0.141. The van der Waals surface area contributed by atoms with E-state index in [1.54, 1.807) is 18.2 Å². The summed E-state index contributed by atoms with van der Waals surface area (Å²) in [5.41, 5.74) is 0.621. The quantitative estimate of drug-likeness (QED) is 0.822. The molecule has 0 aliphatic rings. The number of benzene rings is 1. The molecule has 0 aromatic heterocycles. The predicted molar refractivity (Wildman–Crippen MR) is 75.3 cm³/mol. The number of carbonyl (C=O) groups excluding carboxylic acids is 1. The summed E-state index contributed by atoms with van der Waals surface area (Å²) < 4.78 is 0. The molecule has 4 nitrogen and oxygen atoms in total. The van der Waals surface area contributed by atoms with Gasteiger partial charge in [-0.3, -0.25) is 9.59 Å². The van der Waals surface area contributed by atoms with Gasteiger partial charge in [0.1, 0.15) is 0 Å². The Bertz CT molecular complexity index is 515. The molecule has 1 aromatic carbocycles. The lowest BCUT2D eigenvalue weighted by Crippen LogP contribution is -2.30. The van der Waals surface area contributed by atoms with Crippen LogP contribution in [0.4, 0.5) is 0 Å². The van der Waals surface area contributed by atoms with Gasteiger partial charge < -0.3 is 10.4 Å². The average molecular weight is 302 g/mol. The van der Waals surface area contributed by atoms with Gasteiger partial charge in [0.2, 0.25) is 5.91 Å². The number of amides is 1. The Morgan fingerprint density at radius 3 is 2.74 bits per heavy atom. The summed E-state index contributed by atoms with van der Waals surface area (Å²) in [5, 5.41) is 11.9. The highest BCUT2D eigenvalue weighted by Gasteiger charge is 2.10. The van der Waals surface area contributed by atoms with Crippen LogP contribution in [0.5, 0.6) is 0 Å². The first kappa shape index (κ1) is 15.5. The number of hydrogen-bond acceptors (Lipinski definition) is 2. The number of rotatable bonds is 5. The van der Waals surface area contributed by atoms with E-state index in [4.69, 9.17) is 28.3 Å². The normalized spacial score (nSPS) is 12.4. The number of carbonyl (C=O) groups is 2. The first-order valence-corrected chi connectivity index (χ1v) is 6.30. The van der Waals surface area contributed by atoms with Crippen LogP contribution < -0.4 is 5.32 Å². The van der Waals surface area contributed by atoms with Gasteiger partial charge in [-0.2, -0.15) is 0 Å². The van der Waals surface area contributed by atoms with E-state index in [1.807, 2.05) is 0 Å². The van der Waals surface area contributed by atoms with Crippen molar-refractivity contribution in [3.05, 3.63) is 39.9 Å². The van der Waals surface area contributed by atoms with Crippen LogP contribution in [-0.4, -0.2) is 23.5 Å². The number of halogens is 2. The van der Waals surface area contributed by atoms with E-state index >= 15 is 0 Å². The zero-order chi connectivity index (χ0) is 14.4. The van der Waals surface area contributed by atoms with Crippen LogP contribution in [0.25, 0.3) is 6.08 Å². The van der Waals surface area contributed by atoms with Crippen molar-refractivity contribution in [2.45, 2.75) is 6.92 Å². The van der Waals surface area contributed by atoms with E-state index in [2.05, 4.69) is 5.32 Å². The van der Waals surface area contributed by atoms with Gasteiger partial charge in [0.15, 0.2) is 0 Å². The molecule has 0 radical (unpaired) electrons. The number of carboxylic acids is 1. The number of aliphatic carboxylic acids is 1. The van der Waals surface area contributed by atoms with Gasteiger partial charge >= 0.3 is 5.97 Å². The Hall–Kier alpha value is -1.52. The Labute approximate surface area is 121 Å². The smallest absolute Gasteiger partial charge is 0.308 e. The molecule has 1 rings (SSSR count). The number of hydrogen-bond donors (Lipinski definition) is 2. The molecule has 0 saturated carbocycles. The minimum Gasteiger partial charge on any atom is -0.481 e. The molecule has 1 aromatic rings. The highest BCUT2D eigenvalue weighted by Crippen LogP contribution is 2.26. The molecule has 19 heavy (non-hydrogen) atoms. The zero-order valence-corrected chi connectivity index (χ0v) is 11.7. The van der Waals surface area contributed by atoms with E-state index in [1.165, 1.54) is 19.1 Å². The van der Waals surface area contributed by atoms with Crippen LogP contribution in [0.3, 0.4) is 0 Å². The van der Waals surface area contributed by atoms with Crippen LogP contribution in [0, 0.1) is 5.92 Å². The van der Waals surface area contributed by atoms with Crippen molar-refractivity contribution in [1.82, 2.24) is 5.32 Å². The lowest BCUT2D eigenvalue weighted by atomic mass is 10.2. The van der Waals surface area contributed by atoms with Crippen molar-refractivity contribution in [3.8, 4) is 0 Å². The molecule has 6 heteroatoms. The highest BCUT2D eigenvalue weighted by molar-refractivity contribution is 6.42. The molecular formula is C13H13Cl2NO3. The fraction of sp³-hybridized carbons (Fsp3) is 0.231. The van der Waals surface area contributed by atoms with Gasteiger partial charge in [-0.15, -0.1) is 0 Å². The molecule has 0 saturated heterocycles. The molecule has 0 fully saturated rings. The first-order valence-electron chi connectivity index (χ1n) is 5.54. The SMILES string of the molecule is CC(CNC(=O)/C=C/c1cccc(Cl)c1Cl)C(=O)O. The Morgan fingerprint density at radius 2 is 2.11 bits per heavy atom. The molecular weight excluding hydrogens is 289 g/mol. The molecule has 102 valence electrons. The van der Waals surface area contributed by atoms with E-state index in [0.29, 0.717) is 15.6 Å². The van der Waals surface area contributed by atoms with Crippen LogP contribution in [0.1, 0.15) is 12.5 Å². The van der Waals surface area contributed by atoms with Crippen LogP contribution >= 0.6 is 23.2 Å². The fourth-order valence-electron chi connectivity index (χ4n) is 1.21. The van der Waals surface area contributed by atoms with Gasteiger partial charge in [-0.05, 0) is 17.7 Å². The summed E-state index contributed by atoms with van der Waals surface area (Å²) in [6, 6.07) is 5.09. The summed E-state index contributed by atoms with van der Waals surface area (Å²) in [5.74, 6) is -1.97. The van der Waals surface area contributed by atoms with Crippen LogP contribution in [-0.2, 0) is 9.59 Å². The van der Waals surface area contributed by atoms with Crippen molar-refractivity contribution in [3.63, 3.8) is 0 Å². The monoisotopic (exact) mass is 301 g/mol. The van der Waals surface area contributed by atoms with E-state index in [-0.39, 0.29) is 12.5 Å². The maximum absolute atomic E-state index is 11.5. The maximum atomic E-state index is 11.5. The van der Waals surface area contributed by atoms with Gasteiger partial charge in [0, 0.05) is 12.6 Å². The fourth-order valence-corrected chi connectivity index (χ4v) is 1.59. The van der Waals surface area contributed by atoms with Crippen LogP contribution in [0.2, 0.25) is 10.0 Å². The molecule has 1 unspecified atom stereocenters. The minimum absolute atomic E-state index is 0.0712. The maximum Gasteiger partial charge on any atom is 0.308 e. The number of nitrogens with one attached hydrogen (secondary N) is 1. The van der Waals surface area contributed by atoms with E-state index in [0.717, 1.165) is 0 Å². The molecule has 1 atom stereocenters. The van der Waals surface area contributed by atoms with Crippen molar-refractivity contribution >= 4 is 41.2 Å². The third-order valence-corrected chi connectivity index (χ3v) is 3.23. The number of carboxylic acid groups (broad SMARTS) is 1. The Balaban J connectivity index is 2.59. The molecule has 0 aliphatic heterocycles. The molecule has 0 spiro atoms. The van der Waals surface area contributed by atoms with Gasteiger partial charge in [0.05, 0.1) is 16.0 Å². The second kappa shape index (κ2) is 7.16. The van der Waals surface area contributed by atoms with Gasteiger partial charge in [-0.1, -0.05) is 42.3 Å². The van der Waals surface area contributed by atoms with Crippen molar-refractivity contribution in [2.24, 2.45) is 5.92 Å². The molecule has 0 heterocycles. The largest absolute Gasteiger partial charge is 0.481 e. The zero-order valence-electron chi connectivity index (χ0n) is 10.2. The third-order valence-electron chi connectivity index (χ3n) is 2.40. The van der Waals surface area contributed by atoms with E-state index in [9.17, 15) is 9.59 Å². The summed E-state index contributed by atoms with van der Waals surface area (Å²) in [7, 11) is 0.